The van der Waals surface area contributed by atoms with Crippen molar-refractivity contribution < 1.29 is 33.0 Å². The summed E-state index contributed by atoms with van der Waals surface area (Å²) in [6.07, 6.45) is -0.606. The monoisotopic (exact) mass is 357 g/mol. The SMILES string of the molecule is C=CC(=O)CCC(NC(O)OCc1oc(=O)oc1C)C(=O)OC(C)C. The average molecular weight is 357 g/mol. The van der Waals surface area contributed by atoms with Crippen molar-refractivity contribution in [3.8, 4) is 0 Å². The third-order valence-corrected chi connectivity index (χ3v) is 3.10. The van der Waals surface area contributed by atoms with Crippen molar-refractivity contribution in [1.29, 1.82) is 0 Å². The minimum Gasteiger partial charge on any atom is -0.462 e. The molecule has 0 fully saturated rings. The summed E-state index contributed by atoms with van der Waals surface area (Å²) in [4.78, 5) is 34.3. The van der Waals surface area contributed by atoms with Crippen LogP contribution in [0.3, 0.4) is 0 Å². The second-order valence-corrected chi connectivity index (χ2v) is 5.51. The fraction of sp³-hybridized carbons (Fsp3) is 0.562. The molecule has 0 bridgehead atoms. The Morgan fingerprint density at radius 1 is 1.36 bits per heavy atom. The smallest absolute Gasteiger partial charge is 0.462 e. The molecule has 0 spiro atoms. The van der Waals surface area contributed by atoms with Crippen LogP contribution in [0.1, 0.15) is 38.2 Å². The zero-order valence-electron chi connectivity index (χ0n) is 14.4. The lowest BCUT2D eigenvalue weighted by Gasteiger charge is -2.22. The van der Waals surface area contributed by atoms with Gasteiger partial charge in [0.25, 0.3) is 0 Å². The highest BCUT2D eigenvalue weighted by molar-refractivity contribution is 5.89. The minimum absolute atomic E-state index is 0.0524. The zero-order chi connectivity index (χ0) is 19.0. The van der Waals surface area contributed by atoms with E-state index in [0.29, 0.717) is 0 Å². The molecule has 0 radical (unpaired) electrons. The largest absolute Gasteiger partial charge is 0.519 e. The number of ether oxygens (including phenoxy) is 2. The second kappa shape index (κ2) is 9.92. The van der Waals surface area contributed by atoms with Crippen LogP contribution < -0.4 is 11.1 Å². The number of hydrogen-bond donors (Lipinski definition) is 2. The van der Waals surface area contributed by atoms with Crippen LogP contribution in [0.4, 0.5) is 0 Å². The van der Waals surface area contributed by atoms with Gasteiger partial charge in [0, 0.05) is 6.42 Å². The van der Waals surface area contributed by atoms with Gasteiger partial charge in [-0.15, -0.1) is 0 Å². The lowest BCUT2D eigenvalue weighted by molar-refractivity contribution is -0.163. The van der Waals surface area contributed by atoms with Gasteiger partial charge >= 0.3 is 11.8 Å². The molecule has 1 rings (SSSR count). The molecule has 1 aromatic heterocycles. The average Bonchev–Trinajstić information content (AvgIpc) is 2.85. The van der Waals surface area contributed by atoms with E-state index in [1.54, 1.807) is 13.8 Å². The first-order valence-corrected chi connectivity index (χ1v) is 7.73. The summed E-state index contributed by atoms with van der Waals surface area (Å²) < 4.78 is 19.6. The number of aliphatic hydroxyl groups is 1. The number of esters is 1. The number of hydrogen-bond acceptors (Lipinski definition) is 9. The topological polar surface area (TPSA) is 128 Å². The number of ketones is 1. The molecule has 9 nitrogen and oxygen atoms in total. The minimum atomic E-state index is -1.55. The molecule has 2 unspecified atom stereocenters. The Bertz CT molecular complexity index is 645. The van der Waals surface area contributed by atoms with E-state index in [-0.39, 0.29) is 42.9 Å². The molecule has 0 aliphatic heterocycles. The van der Waals surface area contributed by atoms with Crippen LogP contribution in [0.2, 0.25) is 0 Å². The molecule has 9 heteroatoms. The van der Waals surface area contributed by atoms with Gasteiger partial charge in [0.2, 0.25) is 6.41 Å². The van der Waals surface area contributed by atoms with Crippen molar-refractivity contribution in [1.82, 2.24) is 5.32 Å². The molecule has 25 heavy (non-hydrogen) atoms. The summed E-state index contributed by atoms with van der Waals surface area (Å²) in [6, 6.07) is -0.959. The number of carbonyl (C=O) groups excluding carboxylic acids is 2. The van der Waals surface area contributed by atoms with E-state index in [9.17, 15) is 19.5 Å². The highest BCUT2D eigenvalue weighted by Gasteiger charge is 2.24. The molecular weight excluding hydrogens is 334 g/mol. The van der Waals surface area contributed by atoms with Crippen molar-refractivity contribution in [2.75, 3.05) is 0 Å². The van der Waals surface area contributed by atoms with Gasteiger partial charge in [-0.2, -0.15) is 0 Å². The molecule has 1 heterocycles. The molecular formula is C16H23NO8. The number of allylic oxidation sites excluding steroid dienone is 1. The third-order valence-electron chi connectivity index (χ3n) is 3.10. The van der Waals surface area contributed by atoms with Crippen molar-refractivity contribution in [2.45, 2.75) is 58.8 Å². The Balaban J connectivity index is 2.62. The second-order valence-electron chi connectivity index (χ2n) is 5.51. The van der Waals surface area contributed by atoms with E-state index in [1.165, 1.54) is 6.92 Å². The predicted molar refractivity (Wildman–Crippen MR) is 85.4 cm³/mol. The zero-order valence-corrected chi connectivity index (χ0v) is 14.4. The quantitative estimate of drug-likeness (QED) is 0.335. The Morgan fingerprint density at radius 3 is 2.56 bits per heavy atom. The van der Waals surface area contributed by atoms with E-state index in [4.69, 9.17) is 13.9 Å². The molecule has 140 valence electrons. The van der Waals surface area contributed by atoms with Gasteiger partial charge in [0.15, 0.2) is 11.5 Å². The van der Waals surface area contributed by atoms with Crippen molar-refractivity contribution >= 4 is 11.8 Å². The molecule has 2 N–H and O–H groups in total. The molecule has 2 atom stereocenters. The summed E-state index contributed by atoms with van der Waals surface area (Å²) in [5.74, 6) is -1.39. The first-order valence-electron chi connectivity index (χ1n) is 7.73. The first-order chi connectivity index (χ1) is 11.7. The van der Waals surface area contributed by atoms with E-state index < -0.39 is 24.2 Å². The third kappa shape index (κ3) is 7.46. The van der Waals surface area contributed by atoms with Gasteiger partial charge in [-0.1, -0.05) is 6.58 Å². The van der Waals surface area contributed by atoms with Crippen molar-refractivity contribution in [3.63, 3.8) is 0 Å². The summed E-state index contributed by atoms with van der Waals surface area (Å²) >= 11 is 0. The van der Waals surface area contributed by atoms with Crippen LogP contribution in [-0.2, 0) is 25.7 Å². The maximum atomic E-state index is 12.1. The maximum Gasteiger partial charge on any atom is 0.519 e. The number of nitrogens with one attached hydrogen (secondary N) is 1. The van der Waals surface area contributed by atoms with Crippen molar-refractivity contribution in [2.24, 2.45) is 0 Å². The number of carbonyl (C=O) groups is 2. The number of aryl methyl sites for hydroxylation is 1. The Kier molecular flexibility index (Phi) is 8.26. The highest BCUT2D eigenvalue weighted by Crippen LogP contribution is 2.09. The maximum absolute atomic E-state index is 12.1. The fourth-order valence-corrected chi connectivity index (χ4v) is 1.85. The van der Waals surface area contributed by atoms with Crippen LogP contribution in [0.25, 0.3) is 0 Å². The molecule has 0 saturated heterocycles. The molecule has 0 aliphatic carbocycles. The first kappa shape index (κ1) is 20.8. The normalized spacial score (nSPS) is 13.5. The highest BCUT2D eigenvalue weighted by atomic mass is 16.6. The van der Waals surface area contributed by atoms with E-state index in [1.807, 2.05) is 0 Å². The Hall–Kier alpha value is -2.23. The summed E-state index contributed by atoms with van der Waals surface area (Å²) in [5.41, 5.74) is 0. The standard InChI is InChI=1S/C16H23NO8/c1-5-11(18)6-7-12(14(19)23-9(2)3)17-15(20)22-8-13-10(4)24-16(21)25-13/h5,9,12,15,17,20H,1,6-8H2,2-4H3. The van der Waals surface area contributed by atoms with E-state index in [0.717, 1.165) is 6.08 Å². The van der Waals surface area contributed by atoms with Crippen LogP contribution in [0.5, 0.6) is 0 Å². The number of aliphatic hydroxyl groups excluding tert-OH is 1. The van der Waals surface area contributed by atoms with E-state index in [2.05, 4.69) is 16.3 Å². The lowest BCUT2D eigenvalue weighted by Crippen LogP contribution is -2.46. The van der Waals surface area contributed by atoms with Crippen LogP contribution in [-0.4, -0.2) is 35.4 Å². The van der Waals surface area contributed by atoms with Crippen LogP contribution in [0, 0.1) is 6.92 Å². The van der Waals surface area contributed by atoms with Crippen molar-refractivity contribution in [3.05, 3.63) is 34.8 Å². The molecule has 1 aromatic rings. The summed E-state index contributed by atoms with van der Waals surface area (Å²) in [5, 5.41) is 12.4. The lowest BCUT2D eigenvalue weighted by atomic mass is 10.1. The van der Waals surface area contributed by atoms with Gasteiger partial charge in [-0.3, -0.25) is 14.9 Å². The Labute approximate surface area is 144 Å². The molecule has 0 saturated carbocycles. The van der Waals surface area contributed by atoms with Gasteiger partial charge in [0.05, 0.1) is 6.10 Å². The molecule has 0 aromatic carbocycles. The van der Waals surface area contributed by atoms with Crippen LogP contribution in [0.15, 0.2) is 26.3 Å². The summed E-state index contributed by atoms with van der Waals surface area (Å²) in [6.45, 7) is 7.98. The summed E-state index contributed by atoms with van der Waals surface area (Å²) in [7, 11) is 0. The van der Waals surface area contributed by atoms with Gasteiger partial charge in [-0.05, 0) is 33.3 Å². The van der Waals surface area contributed by atoms with Gasteiger partial charge in [0.1, 0.15) is 18.4 Å². The van der Waals surface area contributed by atoms with Crippen LogP contribution >= 0.6 is 0 Å². The predicted octanol–water partition coefficient (Wildman–Crippen LogP) is 0.779. The fourth-order valence-electron chi connectivity index (χ4n) is 1.85. The molecule has 0 aliphatic rings. The number of rotatable bonds is 11. The molecule has 0 amide bonds. The Morgan fingerprint density at radius 2 is 2.04 bits per heavy atom. The van der Waals surface area contributed by atoms with Gasteiger partial charge < -0.3 is 23.4 Å². The van der Waals surface area contributed by atoms with Gasteiger partial charge in [-0.25, -0.2) is 4.79 Å². The van der Waals surface area contributed by atoms with E-state index >= 15 is 0 Å².